The van der Waals surface area contributed by atoms with Gasteiger partial charge >= 0.3 is 0 Å². The zero-order chi connectivity index (χ0) is 13.8. The molecule has 1 aromatic carbocycles. The van der Waals surface area contributed by atoms with E-state index in [0.717, 1.165) is 33.7 Å². The number of rotatable bonds is 4. The van der Waals surface area contributed by atoms with Crippen molar-refractivity contribution < 1.29 is 0 Å². The fraction of sp³-hybridized carbons (Fsp3) is 0.267. The van der Waals surface area contributed by atoms with Gasteiger partial charge in [-0.25, -0.2) is 0 Å². The van der Waals surface area contributed by atoms with Gasteiger partial charge in [0.15, 0.2) is 0 Å². The Kier molecular flexibility index (Phi) is 4.83. The Morgan fingerprint density at radius 2 is 2.05 bits per heavy atom. The molecule has 0 aliphatic rings. The first-order chi connectivity index (χ1) is 9.10. The second-order valence-corrected chi connectivity index (χ2v) is 5.67. The molecule has 0 bridgehead atoms. The van der Waals surface area contributed by atoms with Crippen LogP contribution in [0, 0.1) is 6.92 Å². The summed E-state index contributed by atoms with van der Waals surface area (Å²) in [4.78, 5) is 6.69. The molecule has 1 aromatic heterocycles. The lowest BCUT2D eigenvalue weighted by molar-refractivity contribution is 0.874. The molecule has 0 unspecified atom stereocenters. The molecule has 100 valence electrons. The number of aromatic nitrogens is 1. The number of hydrogen-bond acceptors (Lipinski definition) is 2. The van der Waals surface area contributed by atoms with E-state index in [1.54, 1.807) is 0 Å². The maximum absolute atomic E-state index is 5.83. The second kappa shape index (κ2) is 6.40. The number of benzene rings is 1. The van der Waals surface area contributed by atoms with Gasteiger partial charge in [-0.1, -0.05) is 12.1 Å². The summed E-state index contributed by atoms with van der Waals surface area (Å²) in [5, 5.41) is 0. The van der Waals surface area contributed by atoms with Crippen LogP contribution in [0.25, 0.3) is 0 Å². The third-order valence-corrected chi connectivity index (χ3v) is 3.87. The number of hydrogen-bond donors (Lipinski definition) is 0. The van der Waals surface area contributed by atoms with Gasteiger partial charge in [0, 0.05) is 23.1 Å². The quantitative estimate of drug-likeness (QED) is 0.761. The topological polar surface area (TPSA) is 16.1 Å². The number of pyridine rings is 1. The standard InChI is InChI=1S/C15H16BrClN2/c1-11-4-3-5-13(18-11)10-19(2)15-7-6-12(9-17)8-14(15)16/h3-8H,9-10H2,1-2H3. The van der Waals surface area contributed by atoms with Gasteiger partial charge < -0.3 is 4.90 Å². The Labute approximate surface area is 127 Å². The molecular weight excluding hydrogens is 324 g/mol. The van der Waals surface area contributed by atoms with E-state index in [0.29, 0.717) is 5.88 Å². The van der Waals surface area contributed by atoms with Crippen molar-refractivity contribution in [3.8, 4) is 0 Å². The minimum atomic E-state index is 0.530. The lowest BCUT2D eigenvalue weighted by atomic mass is 10.2. The Morgan fingerprint density at radius 3 is 2.68 bits per heavy atom. The predicted octanol–water partition coefficient (Wildman–Crippen LogP) is 4.53. The average molecular weight is 340 g/mol. The highest BCUT2D eigenvalue weighted by Gasteiger charge is 2.08. The Bertz CT molecular complexity index is 572. The molecule has 0 fully saturated rings. The van der Waals surface area contributed by atoms with Crippen LogP contribution in [0.1, 0.15) is 17.0 Å². The molecule has 0 saturated heterocycles. The lowest BCUT2D eigenvalue weighted by Gasteiger charge is -2.21. The number of halogens is 2. The van der Waals surface area contributed by atoms with E-state index in [-0.39, 0.29) is 0 Å². The number of alkyl halides is 1. The Hall–Kier alpha value is -1.06. The summed E-state index contributed by atoms with van der Waals surface area (Å²) in [6.07, 6.45) is 0. The Balaban J connectivity index is 2.18. The molecule has 4 heteroatoms. The van der Waals surface area contributed by atoms with Crippen molar-refractivity contribution in [3.63, 3.8) is 0 Å². The van der Waals surface area contributed by atoms with Crippen LogP contribution < -0.4 is 4.90 Å². The molecule has 2 rings (SSSR count). The largest absolute Gasteiger partial charge is 0.368 e. The second-order valence-electron chi connectivity index (χ2n) is 4.55. The first-order valence-corrected chi connectivity index (χ1v) is 7.41. The van der Waals surface area contributed by atoms with Crippen molar-refractivity contribution in [2.75, 3.05) is 11.9 Å². The Morgan fingerprint density at radius 1 is 1.26 bits per heavy atom. The number of nitrogens with zero attached hydrogens (tertiary/aromatic N) is 2. The van der Waals surface area contributed by atoms with Gasteiger partial charge in [-0.3, -0.25) is 4.98 Å². The van der Waals surface area contributed by atoms with Crippen LogP contribution in [0.4, 0.5) is 5.69 Å². The van der Waals surface area contributed by atoms with E-state index in [1.165, 1.54) is 0 Å². The van der Waals surface area contributed by atoms with Crippen molar-refractivity contribution in [2.24, 2.45) is 0 Å². The number of anilines is 1. The third kappa shape index (κ3) is 3.71. The van der Waals surface area contributed by atoms with Crippen LogP contribution in [0.2, 0.25) is 0 Å². The summed E-state index contributed by atoms with van der Waals surface area (Å²) in [5.41, 5.74) is 4.36. The fourth-order valence-electron chi connectivity index (χ4n) is 1.96. The summed E-state index contributed by atoms with van der Waals surface area (Å²) in [6.45, 7) is 2.79. The lowest BCUT2D eigenvalue weighted by Crippen LogP contribution is -2.17. The van der Waals surface area contributed by atoms with Gasteiger partial charge in [0.1, 0.15) is 0 Å². The maximum atomic E-state index is 5.83. The van der Waals surface area contributed by atoms with E-state index in [1.807, 2.05) is 31.2 Å². The molecule has 19 heavy (non-hydrogen) atoms. The first-order valence-electron chi connectivity index (χ1n) is 6.08. The van der Waals surface area contributed by atoms with E-state index in [9.17, 15) is 0 Å². The third-order valence-electron chi connectivity index (χ3n) is 2.92. The summed E-state index contributed by atoms with van der Waals surface area (Å²) in [5.74, 6) is 0.530. The van der Waals surface area contributed by atoms with Crippen LogP contribution in [0.15, 0.2) is 40.9 Å². The van der Waals surface area contributed by atoms with Crippen LogP contribution in [-0.2, 0) is 12.4 Å². The normalized spacial score (nSPS) is 10.5. The monoisotopic (exact) mass is 338 g/mol. The molecule has 2 nitrogen and oxygen atoms in total. The van der Waals surface area contributed by atoms with E-state index >= 15 is 0 Å². The highest BCUT2D eigenvalue weighted by molar-refractivity contribution is 9.10. The fourth-order valence-corrected chi connectivity index (χ4v) is 2.85. The van der Waals surface area contributed by atoms with Gasteiger partial charge in [0.05, 0.1) is 17.9 Å². The molecule has 1 heterocycles. The van der Waals surface area contributed by atoms with Gasteiger partial charge in [-0.05, 0) is 52.7 Å². The molecular formula is C15H16BrClN2. The van der Waals surface area contributed by atoms with Crippen LogP contribution >= 0.6 is 27.5 Å². The summed E-state index contributed by atoms with van der Waals surface area (Å²) in [6, 6.07) is 12.3. The van der Waals surface area contributed by atoms with E-state index in [2.05, 4.69) is 45.0 Å². The van der Waals surface area contributed by atoms with Crippen LogP contribution in [-0.4, -0.2) is 12.0 Å². The van der Waals surface area contributed by atoms with E-state index < -0.39 is 0 Å². The molecule has 0 spiro atoms. The van der Waals surface area contributed by atoms with Crippen LogP contribution in [0.3, 0.4) is 0 Å². The highest BCUT2D eigenvalue weighted by atomic mass is 79.9. The average Bonchev–Trinajstić information content (AvgIpc) is 2.38. The minimum Gasteiger partial charge on any atom is -0.368 e. The molecule has 0 amide bonds. The van der Waals surface area contributed by atoms with Crippen molar-refractivity contribution >= 4 is 33.2 Å². The van der Waals surface area contributed by atoms with E-state index in [4.69, 9.17) is 11.6 Å². The molecule has 0 radical (unpaired) electrons. The van der Waals surface area contributed by atoms with Gasteiger partial charge in [-0.2, -0.15) is 0 Å². The SMILES string of the molecule is Cc1cccc(CN(C)c2ccc(CCl)cc2Br)n1. The van der Waals surface area contributed by atoms with Gasteiger partial charge in [0.25, 0.3) is 0 Å². The van der Waals surface area contributed by atoms with Gasteiger partial charge in [-0.15, -0.1) is 11.6 Å². The zero-order valence-corrected chi connectivity index (χ0v) is 13.4. The molecule has 0 aliphatic carbocycles. The van der Waals surface area contributed by atoms with Crippen molar-refractivity contribution in [1.29, 1.82) is 0 Å². The summed E-state index contributed by atoms with van der Waals surface area (Å²) >= 11 is 9.43. The maximum Gasteiger partial charge on any atom is 0.0600 e. The molecule has 0 saturated carbocycles. The predicted molar refractivity (Wildman–Crippen MR) is 84.8 cm³/mol. The summed E-state index contributed by atoms with van der Waals surface area (Å²) < 4.78 is 1.06. The molecule has 0 N–H and O–H groups in total. The highest BCUT2D eigenvalue weighted by Crippen LogP contribution is 2.28. The first kappa shape index (κ1) is 14.4. The van der Waals surface area contributed by atoms with Crippen molar-refractivity contribution in [2.45, 2.75) is 19.3 Å². The summed E-state index contributed by atoms with van der Waals surface area (Å²) in [7, 11) is 2.06. The van der Waals surface area contributed by atoms with Crippen LogP contribution in [0.5, 0.6) is 0 Å². The molecule has 2 aromatic rings. The zero-order valence-electron chi connectivity index (χ0n) is 11.0. The molecule has 0 aliphatic heterocycles. The smallest absolute Gasteiger partial charge is 0.0600 e. The van der Waals surface area contributed by atoms with Crippen molar-refractivity contribution in [1.82, 2.24) is 4.98 Å². The van der Waals surface area contributed by atoms with Gasteiger partial charge in [0.2, 0.25) is 0 Å². The number of aryl methyl sites for hydroxylation is 1. The minimum absolute atomic E-state index is 0.530. The molecule has 0 atom stereocenters. The van der Waals surface area contributed by atoms with Crippen molar-refractivity contribution in [3.05, 3.63) is 57.8 Å².